The molecule has 0 aliphatic heterocycles. The van der Waals surface area contributed by atoms with E-state index in [0.29, 0.717) is 18.6 Å². The molecule has 0 heterocycles. The summed E-state index contributed by atoms with van der Waals surface area (Å²) in [5, 5.41) is 12.5. The predicted octanol–water partition coefficient (Wildman–Crippen LogP) is 0.613. The van der Waals surface area contributed by atoms with Crippen LogP contribution < -0.4 is 5.32 Å². The molecular weight excluding hydrogens is 138 g/mol. The van der Waals surface area contributed by atoms with Crippen LogP contribution in [0.3, 0.4) is 0 Å². The molecule has 2 rings (SSSR count). The SMILES string of the molecule is CN[C@H]1C2CCC(C2)[C@H]1CO. The molecule has 2 bridgehead atoms. The van der Waals surface area contributed by atoms with Gasteiger partial charge in [0.1, 0.15) is 0 Å². The van der Waals surface area contributed by atoms with Crippen LogP contribution in [0.1, 0.15) is 19.3 Å². The van der Waals surface area contributed by atoms with Crippen molar-refractivity contribution in [2.24, 2.45) is 17.8 Å². The van der Waals surface area contributed by atoms with Gasteiger partial charge in [-0.1, -0.05) is 0 Å². The molecule has 2 aliphatic rings. The van der Waals surface area contributed by atoms with Crippen LogP contribution in [-0.4, -0.2) is 24.8 Å². The summed E-state index contributed by atoms with van der Waals surface area (Å²) in [5.74, 6) is 2.24. The second-order valence-corrected chi connectivity index (χ2v) is 3.99. The summed E-state index contributed by atoms with van der Waals surface area (Å²) in [4.78, 5) is 0. The molecule has 0 amide bonds. The van der Waals surface area contributed by atoms with E-state index in [0.717, 1.165) is 11.8 Å². The molecule has 64 valence electrons. The minimum atomic E-state index is 0.382. The monoisotopic (exact) mass is 155 g/mol. The van der Waals surface area contributed by atoms with Crippen LogP contribution in [0.5, 0.6) is 0 Å². The van der Waals surface area contributed by atoms with Crippen LogP contribution in [0.25, 0.3) is 0 Å². The Hall–Kier alpha value is -0.0800. The Bertz CT molecular complexity index is 132. The zero-order chi connectivity index (χ0) is 7.84. The van der Waals surface area contributed by atoms with Gasteiger partial charge in [-0.2, -0.15) is 0 Å². The first-order valence-corrected chi connectivity index (χ1v) is 4.65. The van der Waals surface area contributed by atoms with Crippen molar-refractivity contribution < 1.29 is 5.11 Å². The minimum Gasteiger partial charge on any atom is -0.396 e. The van der Waals surface area contributed by atoms with E-state index in [4.69, 9.17) is 5.11 Å². The first kappa shape index (κ1) is 7.56. The molecule has 2 heteroatoms. The van der Waals surface area contributed by atoms with Gasteiger partial charge in [-0.25, -0.2) is 0 Å². The van der Waals surface area contributed by atoms with E-state index in [1.165, 1.54) is 19.3 Å². The van der Waals surface area contributed by atoms with Gasteiger partial charge in [-0.05, 0) is 38.1 Å². The number of aliphatic hydroxyl groups is 1. The fourth-order valence-electron chi connectivity index (χ4n) is 3.12. The van der Waals surface area contributed by atoms with Gasteiger partial charge in [0.25, 0.3) is 0 Å². The van der Waals surface area contributed by atoms with Crippen molar-refractivity contribution in [2.45, 2.75) is 25.3 Å². The molecule has 2 aliphatic carbocycles. The summed E-state index contributed by atoms with van der Waals surface area (Å²) in [5.41, 5.74) is 0. The van der Waals surface area contributed by atoms with Gasteiger partial charge in [0, 0.05) is 18.6 Å². The Kier molecular flexibility index (Phi) is 1.90. The van der Waals surface area contributed by atoms with E-state index in [1.807, 2.05) is 7.05 Å². The van der Waals surface area contributed by atoms with E-state index in [2.05, 4.69) is 5.32 Å². The van der Waals surface area contributed by atoms with Crippen molar-refractivity contribution in [3.05, 3.63) is 0 Å². The number of fused-ring (bicyclic) bond motifs is 2. The molecule has 2 unspecified atom stereocenters. The van der Waals surface area contributed by atoms with Gasteiger partial charge >= 0.3 is 0 Å². The molecule has 2 saturated carbocycles. The highest BCUT2D eigenvalue weighted by atomic mass is 16.3. The van der Waals surface area contributed by atoms with Crippen molar-refractivity contribution in [1.29, 1.82) is 0 Å². The van der Waals surface area contributed by atoms with Gasteiger partial charge < -0.3 is 10.4 Å². The molecule has 0 aromatic heterocycles. The molecular formula is C9H17NO. The highest BCUT2D eigenvalue weighted by Crippen LogP contribution is 2.47. The molecule has 2 N–H and O–H groups in total. The molecule has 0 radical (unpaired) electrons. The Morgan fingerprint density at radius 2 is 2.09 bits per heavy atom. The van der Waals surface area contributed by atoms with E-state index < -0.39 is 0 Å². The lowest BCUT2D eigenvalue weighted by atomic mass is 9.85. The molecule has 11 heavy (non-hydrogen) atoms. The van der Waals surface area contributed by atoms with Crippen LogP contribution >= 0.6 is 0 Å². The molecule has 4 atom stereocenters. The van der Waals surface area contributed by atoms with Crippen LogP contribution in [0, 0.1) is 17.8 Å². The Balaban J connectivity index is 2.08. The third-order valence-corrected chi connectivity index (χ3v) is 3.63. The van der Waals surface area contributed by atoms with Crippen LogP contribution in [0.2, 0.25) is 0 Å². The van der Waals surface area contributed by atoms with E-state index in [9.17, 15) is 0 Å². The number of hydrogen-bond acceptors (Lipinski definition) is 2. The highest BCUT2D eigenvalue weighted by Gasteiger charge is 2.46. The maximum atomic E-state index is 9.15. The number of hydrogen-bond donors (Lipinski definition) is 2. The molecule has 2 nitrogen and oxygen atoms in total. The fraction of sp³-hybridized carbons (Fsp3) is 1.00. The summed E-state index contributed by atoms with van der Waals surface area (Å²) in [6.07, 6.45) is 4.09. The van der Waals surface area contributed by atoms with Crippen molar-refractivity contribution in [3.8, 4) is 0 Å². The topological polar surface area (TPSA) is 32.3 Å². The average Bonchev–Trinajstić information content (AvgIpc) is 2.60. The largest absolute Gasteiger partial charge is 0.396 e. The second kappa shape index (κ2) is 2.76. The van der Waals surface area contributed by atoms with E-state index >= 15 is 0 Å². The Labute approximate surface area is 68.0 Å². The second-order valence-electron chi connectivity index (χ2n) is 3.99. The summed E-state index contributed by atoms with van der Waals surface area (Å²) >= 11 is 0. The molecule has 0 aromatic carbocycles. The molecule has 2 fully saturated rings. The molecule has 0 saturated heterocycles. The summed E-state index contributed by atoms with van der Waals surface area (Å²) in [7, 11) is 2.02. The number of rotatable bonds is 2. The number of aliphatic hydroxyl groups excluding tert-OH is 1. The number of nitrogens with one attached hydrogen (secondary N) is 1. The first-order valence-electron chi connectivity index (χ1n) is 4.65. The predicted molar refractivity (Wildman–Crippen MR) is 44.3 cm³/mol. The zero-order valence-corrected chi connectivity index (χ0v) is 7.09. The van der Waals surface area contributed by atoms with Gasteiger partial charge in [0.05, 0.1) is 0 Å². The van der Waals surface area contributed by atoms with Crippen molar-refractivity contribution in [1.82, 2.24) is 5.32 Å². The smallest absolute Gasteiger partial charge is 0.0476 e. The van der Waals surface area contributed by atoms with Crippen LogP contribution in [-0.2, 0) is 0 Å². The fourth-order valence-corrected chi connectivity index (χ4v) is 3.12. The summed E-state index contributed by atoms with van der Waals surface area (Å²) in [6, 6.07) is 0.610. The maximum Gasteiger partial charge on any atom is 0.0476 e. The lowest BCUT2D eigenvalue weighted by molar-refractivity contribution is 0.147. The van der Waals surface area contributed by atoms with Gasteiger partial charge in [0.15, 0.2) is 0 Å². The van der Waals surface area contributed by atoms with Crippen molar-refractivity contribution >= 4 is 0 Å². The van der Waals surface area contributed by atoms with E-state index in [1.54, 1.807) is 0 Å². The van der Waals surface area contributed by atoms with Crippen LogP contribution in [0.15, 0.2) is 0 Å². The van der Waals surface area contributed by atoms with Gasteiger partial charge in [-0.15, -0.1) is 0 Å². The quantitative estimate of drug-likeness (QED) is 0.612. The normalized spacial score (nSPS) is 48.5. The lowest BCUT2D eigenvalue weighted by Crippen LogP contribution is -2.40. The minimum absolute atomic E-state index is 0.382. The first-order chi connectivity index (χ1) is 5.36. The third kappa shape index (κ3) is 1.00. The van der Waals surface area contributed by atoms with Crippen molar-refractivity contribution in [2.75, 3.05) is 13.7 Å². The third-order valence-electron chi connectivity index (χ3n) is 3.63. The highest BCUT2D eigenvalue weighted by molar-refractivity contribution is 4.99. The van der Waals surface area contributed by atoms with Crippen LogP contribution in [0.4, 0.5) is 0 Å². The standard InChI is InChI=1S/C9H17NO/c1-10-9-7-3-2-6(4-7)8(9)5-11/h6-11H,2-5H2,1H3/t6?,7?,8-,9+/m1/s1. The zero-order valence-electron chi connectivity index (χ0n) is 7.09. The molecule has 0 spiro atoms. The van der Waals surface area contributed by atoms with Crippen molar-refractivity contribution in [3.63, 3.8) is 0 Å². The Morgan fingerprint density at radius 3 is 2.64 bits per heavy atom. The van der Waals surface area contributed by atoms with E-state index in [-0.39, 0.29) is 0 Å². The van der Waals surface area contributed by atoms with Gasteiger partial charge in [0.2, 0.25) is 0 Å². The molecule has 0 aromatic rings. The summed E-state index contributed by atoms with van der Waals surface area (Å²) in [6.45, 7) is 0.382. The average molecular weight is 155 g/mol. The maximum absolute atomic E-state index is 9.15. The Morgan fingerprint density at radius 1 is 1.36 bits per heavy atom. The summed E-state index contributed by atoms with van der Waals surface area (Å²) < 4.78 is 0. The lowest BCUT2D eigenvalue weighted by Gasteiger charge is -2.29. The van der Waals surface area contributed by atoms with Gasteiger partial charge in [-0.3, -0.25) is 0 Å².